The number of Topliss-reactive ketones (excluding diaryl/α,β-unsaturated/α-hetero) is 1. The van der Waals surface area contributed by atoms with Crippen LogP contribution >= 0.6 is 11.3 Å². The topological polar surface area (TPSA) is 55.4 Å². The van der Waals surface area contributed by atoms with E-state index in [-0.39, 0.29) is 29.5 Å². The molecule has 0 radical (unpaired) electrons. The largest absolute Gasteiger partial charge is 0.487 e. The number of carbonyl (C=O) groups excluding carboxylic acids is 2. The van der Waals surface area contributed by atoms with E-state index in [0.29, 0.717) is 29.8 Å². The van der Waals surface area contributed by atoms with Gasteiger partial charge in [-0.1, -0.05) is 24.3 Å². The third-order valence-electron chi connectivity index (χ3n) is 5.62. The Morgan fingerprint density at radius 3 is 2.57 bits per heavy atom. The van der Waals surface area contributed by atoms with Crippen LogP contribution in [0.5, 0.6) is 5.75 Å². The predicted octanol–water partition coefficient (Wildman–Crippen LogP) is 4.88. The Hall–Kier alpha value is -2.99. The fraction of sp³-hybridized carbons (Fsp3) is 0.250. The highest BCUT2D eigenvalue weighted by Gasteiger charge is 2.31. The summed E-state index contributed by atoms with van der Waals surface area (Å²) in [4.78, 5) is 24.4. The van der Waals surface area contributed by atoms with Gasteiger partial charge in [0.15, 0.2) is 5.78 Å². The normalized spacial score (nSPS) is 17.3. The number of hydrogen-bond acceptors (Lipinski definition) is 4. The van der Waals surface area contributed by atoms with E-state index in [1.165, 1.54) is 17.4 Å². The average molecular weight is 421 g/mol. The van der Waals surface area contributed by atoms with Crippen LogP contribution in [0.25, 0.3) is 11.1 Å². The minimum atomic E-state index is -0.325. The molecule has 4 nitrogen and oxygen atoms in total. The number of ketones is 1. The number of amides is 1. The SMILES string of the molecule is O=C(NC[C@H]1Cc2c(F)ccc(-c3ccc(C(=O)C4CC4)cc3)c2O1)c1ccsc1. The molecule has 152 valence electrons. The first kappa shape index (κ1) is 19.0. The number of rotatable bonds is 6. The van der Waals surface area contributed by atoms with Crippen molar-refractivity contribution in [1.29, 1.82) is 0 Å². The summed E-state index contributed by atoms with van der Waals surface area (Å²) in [6.45, 7) is 0.303. The van der Waals surface area contributed by atoms with Crippen molar-refractivity contribution in [2.75, 3.05) is 6.54 Å². The molecule has 6 heteroatoms. The first-order chi connectivity index (χ1) is 14.6. The number of thiophene rings is 1. The van der Waals surface area contributed by atoms with Gasteiger partial charge in [0.25, 0.3) is 5.91 Å². The van der Waals surface area contributed by atoms with E-state index >= 15 is 0 Å². The van der Waals surface area contributed by atoms with Gasteiger partial charge >= 0.3 is 0 Å². The van der Waals surface area contributed by atoms with Crippen molar-refractivity contribution in [2.24, 2.45) is 5.92 Å². The molecule has 2 heterocycles. The minimum Gasteiger partial charge on any atom is -0.487 e. The molecular formula is C24H20FNO3S. The van der Waals surface area contributed by atoms with Gasteiger partial charge in [0, 0.05) is 40.0 Å². The van der Waals surface area contributed by atoms with E-state index in [2.05, 4.69) is 5.32 Å². The molecule has 1 aromatic heterocycles. The molecule has 1 saturated carbocycles. The smallest absolute Gasteiger partial charge is 0.252 e. The van der Waals surface area contributed by atoms with E-state index in [1.807, 2.05) is 29.6 Å². The predicted molar refractivity (Wildman–Crippen MR) is 114 cm³/mol. The molecule has 3 aromatic rings. The van der Waals surface area contributed by atoms with Crippen molar-refractivity contribution in [2.45, 2.75) is 25.4 Å². The number of ether oxygens (including phenoxy) is 1. The quantitative estimate of drug-likeness (QED) is 0.577. The summed E-state index contributed by atoms with van der Waals surface area (Å²) in [6, 6.07) is 12.4. The highest BCUT2D eigenvalue weighted by atomic mass is 32.1. The van der Waals surface area contributed by atoms with E-state index in [1.54, 1.807) is 17.5 Å². The maximum atomic E-state index is 14.4. The van der Waals surface area contributed by atoms with Gasteiger partial charge in [-0.05, 0) is 42.0 Å². The molecule has 1 aliphatic heterocycles. The average Bonchev–Trinajstić information content (AvgIpc) is 3.28. The molecule has 1 atom stereocenters. The van der Waals surface area contributed by atoms with Crippen molar-refractivity contribution < 1.29 is 18.7 Å². The number of halogens is 1. The molecule has 1 aliphatic carbocycles. The second-order valence-electron chi connectivity index (χ2n) is 7.78. The van der Waals surface area contributed by atoms with Gasteiger partial charge in [-0.2, -0.15) is 11.3 Å². The lowest BCUT2D eigenvalue weighted by molar-refractivity contribution is 0.0932. The molecular weight excluding hydrogens is 401 g/mol. The second-order valence-corrected chi connectivity index (χ2v) is 8.56. The number of benzene rings is 2. The Balaban J connectivity index is 1.33. The van der Waals surface area contributed by atoms with Gasteiger partial charge in [0.05, 0.1) is 6.54 Å². The monoisotopic (exact) mass is 421 g/mol. The summed E-state index contributed by atoms with van der Waals surface area (Å²) < 4.78 is 20.5. The Kier molecular flexibility index (Phi) is 4.87. The van der Waals surface area contributed by atoms with Gasteiger partial charge in [0.1, 0.15) is 17.7 Å². The van der Waals surface area contributed by atoms with Crippen LogP contribution in [0.15, 0.2) is 53.2 Å². The van der Waals surface area contributed by atoms with Crippen LogP contribution < -0.4 is 10.1 Å². The first-order valence-electron chi connectivity index (χ1n) is 10.0. The lowest BCUT2D eigenvalue weighted by atomic mass is 9.98. The summed E-state index contributed by atoms with van der Waals surface area (Å²) in [6.07, 6.45) is 2.03. The maximum Gasteiger partial charge on any atom is 0.252 e. The fourth-order valence-corrected chi connectivity index (χ4v) is 4.44. The van der Waals surface area contributed by atoms with Gasteiger partial charge < -0.3 is 10.1 Å². The van der Waals surface area contributed by atoms with Crippen LogP contribution in [0.2, 0.25) is 0 Å². The molecule has 0 bridgehead atoms. The van der Waals surface area contributed by atoms with Crippen LogP contribution in [0, 0.1) is 11.7 Å². The fourth-order valence-electron chi connectivity index (χ4n) is 3.80. The Morgan fingerprint density at radius 1 is 1.07 bits per heavy atom. The molecule has 1 N–H and O–H groups in total. The van der Waals surface area contributed by atoms with Crippen LogP contribution in [0.1, 0.15) is 39.1 Å². The van der Waals surface area contributed by atoms with E-state index in [9.17, 15) is 14.0 Å². The molecule has 1 fully saturated rings. The third-order valence-corrected chi connectivity index (χ3v) is 6.31. The molecule has 5 rings (SSSR count). The lowest BCUT2D eigenvalue weighted by Gasteiger charge is -2.13. The van der Waals surface area contributed by atoms with Crippen LogP contribution in [-0.4, -0.2) is 24.3 Å². The zero-order chi connectivity index (χ0) is 20.7. The minimum absolute atomic E-state index is 0.160. The van der Waals surface area contributed by atoms with Crippen molar-refractivity contribution in [3.05, 3.63) is 75.7 Å². The first-order valence-corrected chi connectivity index (χ1v) is 11.0. The summed E-state index contributed by atoms with van der Waals surface area (Å²) in [5, 5.41) is 6.50. The number of nitrogens with one attached hydrogen (secondary N) is 1. The maximum absolute atomic E-state index is 14.4. The Labute approximate surface area is 177 Å². The third kappa shape index (κ3) is 3.63. The number of fused-ring (bicyclic) bond motifs is 1. The van der Waals surface area contributed by atoms with Crippen LogP contribution in [0.3, 0.4) is 0 Å². The standard InChI is InChI=1S/C24H20FNO3S/c25-21-8-7-19(14-1-3-15(4-2-14)22(27)16-5-6-16)23-20(21)11-18(29-23)12-26-24(28)17-9-10-30-13-17/h1-4,7-10,13,16,18H,5-6,11-12H2,(H,26,28)/t18-/m1/s1. The number of carbonyl (C=O) groups is 2. The Morgan fingerprint density at radius 2 is 1.87 bits per heavy atom. The molecule has 0 saturated heterocycles. The Bertz CT molecular complexity index is 1100. The molecule has 0 unspecified atom stereocenters. The summed E-state index contributed by atoms with van der Waals surface area (Å²) in [7, 11) is 0. The summed E-state index contributed by atoms with van der Waals surface area (Å²) >= 11 is 1.46. The van der Waals surface area contributed by atoms with Crippen molar-refractivity contribution >= 4 is 23.0 Å². The summed E-state index contributed by atoms with van der Waals surface area (Å²) in [5.41, 5.74) is 3.53. The van der Waals surface area contributed by atoms with Gasteiger partial charge in [-0.15, -0.1) is 0 Å². The second kappa shape index (κ2) is 7.69. The number of hydrogen-bond donors (Lipinski definition) is 1. The van der Waals surface area contributed by atoms with Gasteiger partial charge in [0.2, 0.25) is 0 Å². The van der Waals surface area contributed by atoms with Crippen molar-refractivity contribution in [1.82, 2.24) is 5.32 Å². The summed E-state index contributed by atoms with van der Waals surface area (Å²) in [5.74, 6) is 0.433. The highest BCUT2D eigenvalue weighted by molar-refractivity contribution is 7.08. The highest BCUT2D eigenvalue weighted by Crippen LogP contribution is 2.40. The lowest BCUT2D eigenvalue weighted by Crippen LogP contribution is -2.34. The zero-order valence-corrected chi connectivity index (χ0v) is 17.0. The van der Waals surface area contributed by atoms with Crippen LogP contribution in [0.4, 0.5) is 4.39 Å². The van der Waals surface area contributed by atoms with E-state index in [0.717, 1.165) is 29.5 Å². The molecule has 1 amide bonds. The van der Waals surface area contributed by atoms with Gasteiger partial charge in [-0.25, -0.2) is 4.39 Å². The molecule has 2 aliphatic rings. The van der Waals surface area contributed by atoms with Crippen molar-refractivity contribution in [3.63, 3.8) is 0 Å². The van der Waals surface area contributed by atoms with Crippen LogP contribution in [-0.2, 0) is 6.42 Å². The van der Waals surface area contributed by atoms with E-state index < -0.39 is 0 Å². The molecule has 2 aromatic carbocycles. The van der Waals surface area contributed by atoms with Gasteiger partial charge in [-0.3, -0.25) is 9.59 Å². The zero-order valence-electron chi connectivity index (χ0n) is 16.2. The van der Waals surface area contributed by atoms with E-state index in [4.69, 9.17) is 4.74 Å². The van der Waals surface area contributed by atoms with Crippen molar-refractivity contribution in [3.8, 4) is 16.9 Å². The molecule has 0 spiro atoms. The molecule has 30 heavy (non-hydrogen) atoms.